The topological polar surface area (TPSA) is 69.2 Å². The molecule has 0 amide bonds. The molecule has 0 spiro atoms. The minimum atomic E-state index is -0.495. The van der Waals surface area contributed by atoms with Gasteiger partial charge in [0.05, 0.1) is 12.1 Å². The van der Waals surface area contributed by atoms with Crippen LogP contribution in [-0.2, 0) is 16.0 Å². The van der Waals surface area contributed by atoms with Crippen LogP contribution in [0.25, 0.3) is 10.6 Å². The minimum absolute atomic E-state index is 0.0185. The van der Waals surface area contributed by atoms with Crippen molar-refractivity contribution in [3.05, 3.63) is 70.5 Å². The van der Waals surface area contributed by atoms with Crippen molar-refractivity contribution in [1.82, 2.24) is 9.97 Å². The Labute approximate surface area is 153 Å². The average Bonchev–Trinajstić information content (AvgIpc) is 3.09. The lowest BCUT2D eigenvalue weighted by Gasteiger charge is -2.03. The Morgan fingerprint density at radius 1 is 1.16 bits per heavy atom. The summed E-state index contributed by atoms with van der Waals surface area (Å²) in [5.41, 5.74) is 1.95. The third-order valence-electron chi connectivity index (χ3n) is 3.32. The zero-order valence-electron chi connectivity index (χ0n) is 13.0. The number of nitrogens with zero attached hydrogens (tertiary/aromatic N) is 2. The van der Waals surface area contributed by atoms with E-state index in [2.05, 4.69) is 9.97 Å². The number of esters is 1. The first-order chi connectivity index (χ1) is 12.1. The Morgan fingerprint density at radius 3 is 2.68 bits per heavy atom. The zero-order valence-corrected chi connectivity index (χ0v) is 14.6. The molecule has 2 heterocycles. The number of carbonyl (C=O) groups excluding carboxylic acids is 2. The molecule has 25 heavy (non-hydrogen) atoms. The predicted molar refractivity (Wildman–Crippen MR) is 95.8 cm³/mol. The van der Waals surface area contributed by atoms with Crippen LogP contribution < -0.4 is 0 Å². The van der Waals surface area contributed by atoms with E-state index in [1.54, 1.807) is 42.0 Å². The van der Waals surface area contributed by atoms with Gasteiger partial charge in [-0.05, 0) is 36.4 Å². The van der Waals surface area contributed by atoms with Crippen molar-refractivity contribution < 1.29 is 14.3 Å². The van der Waals surface area contributed by atoms with Gasteiger partial charge in [-0.1, -0.05) is 11.6 Å². The van der Waals surface area contributed by atoms with Gasteiger partial charge in [0.2, 0.25) is 0 Å². The molecule has 0 fully saturated rings. The van der Waals surface area contributed by atoms with Crippen LogP contribution in [0.4, 0.5) is 0 Å². The molecule has 0 saturated heterocycles. The Hall–Kier alpha value is -2.57. The van der Waals surface area contributed by atoms with Crippen molar-refractivity contribution in [3.8, 4) is 10.6 Å². The van der Waals surface area contributed by atoms with Crippen LogP contribution in [0.1, 0.15) is 16.1 Å². The second-order valence-corrected chi connectivity index (χ2v) is 6.45. The van der Waals surface area contributed by atoms with E-state index in [9.17, 15) is 9.59 Å². The fraction of sp³-hybridized carbons (Fsp3) is 0.111. The normalized spacial score (nSPS) is 10.4. The summed E-state index contributed by atoms with van der Waals surface area (Å²) < 4.78 is 5.04. The number of benzene rings is 1. The van der Waals surface area contributed by atoms with Crippen LogP contribution in [0.15, 0.2) is 54.2 Å². The Bertz CT molecular complexity index is 879. The van der Waals surface area contributed by atoms with Crippen LogP contribution in [-0.4, -0.2) is 28.3 Å². The molecule has 0 saturated carbocycles. The van der Waals surface area contributed by atoms with Crippen molar-refractivity contribution in [2.75, 3.05) is 6.61 Å². The molecule has 126 valence electrons. The van der Waals surface area contributed by atoms with Crippen LogP contribution in [0, 0.1) is 0 Å². The molecule has 0 bridgehead atoms. The monoisotopic (exact) mass is 372 g/mol. The summed E-state index contributed by atoms with van der Waals surface area (Å²) in [6.45, 7) is -0.305. The van der Waals surface area contributed by atoms with Gasteiger partial charge in [-0.25, -0.2) is 4.98 Å². The number of rotatable bonds is 6. The molecule has 0 aliphatic rings. The van der Waals surface area contributed by atoms with Crippen molar-refractivity contribution in [2.45, 2.75) is 6.42 Å². The maximum Gasteiger partial charge on any atom is 0.312 e. The molecule has 1 aromatic carbocycles. The fourth-order valence-corrected chi connectivity index (χ4v) is 3.01. The number of carbonyl (C=O) groups is 2. The molecular weight excluding hydrogens is 360 g/mol. The molecule has 0 aliphatic carbocycles. The average molecular weight is 373 g/mol. The molecule has 0 atom stereocenters. The molecule has 2 aromatic heterocycles. The van der Waals surface area contributed by atoms with E-state index in [0.717, 1.165) is 10.6 Å². The van der Waals surface area contributed by atoms with Gasteiger partial charge in [0, 0.05) is 33.9 Å². The highest BCUT2D eigenvalue weighted by atomic mass is 35.5. The second-order valence-electron chi connectivity index (χ2n) is 5.15. The quantitative estimate of drug-likeness (QED) is 0.486. The molecule has 5 nitrogen and oxygen atoms in total. The summed E-state index contributed by atoms with van der Waals surface area (Å²) >= 11 is 7.20. The third kappa shape index (κ3) is 4.71. The smallest absolute Gasteiger partial charge is 0.312 e. The number of thiazole rings is 1. The molecule has 0 aliphatic heterocycles. The second kappa shape index (κ2) is 8.00. The largest absolute Gasteiger partial charge is 0.457 e. The molecular formula is C18H13ClN2O3S. The van der Waals surface area contributed by atoms with Gasteiger partial charge in [0.15, 0.2) is 12.4 Å². The lowest BCUT2D eigenvalue weighted by molar-refractivity contribution is -0.141. The van der Waals surface area contributed by atoms with Gasteiger partial charge in [-0.2, -0.15) is 0 Å². The van der Waals surface area contributed by atoms with Crippen molar-refractivity contribution >= 4 is 34.7 Å². The number of Topliss-reactive ketones (excluding diaryl/α,β-unsaturated/α-hetero) is 1. The summed E-state index contributed by atoms with van der Waals surface area (Å²) in [6.07, 6.45) is 3.42. The van der Waals surface area contributed by atoms with Gasteiger partial charge in [-0.3, -0.25) is 14.6 Å². The Kier molecular flexibility index (Phi) is 5.53. The SMILES string of the molecule is O=C(Cc1csc(-c2cccnc2)n1)OCC(=O)c1ccc(Cl)cc1. The lowest BCUT2D eigenvalue weighted by Crippen LogP contribution is -2.15. The summed E-state index contributed by atoms with van der Waals surface area (Å²) in [4.78, 5) is 32.3. The molecule has 3 aromatic rings. The number of ketones is 1. The van der Waals surface area contributed by atoms with Crippen LogP contribution >= 0.6 is 22.9 Å². The summed E-state index contributed by atoms with van der Waals surface area (Å²) in [6, 6.07) is 10.2. The molecule has 0 unspecified atom stereocenters. The summed E-state index contributed by atoms with van der Waals surface area (Å²) in [7, 11) is 0. The Balaban J connectivity index is 1.54. The standard InChI is InChI=1S/C18H13ClN2O3S/c19-14-5-3-12(4-6-14)16(22)10-24-17(23)8-15-11-25-18(21-15)13-2-1-7-20-9-13/h1-7,9,11H,8,10H2. The zero-order chi connectivity index (χ0) is 17.6. The van der Waals surface area contributed by atoms with Crippen LogP contribution in [0.2, 0.25) is 5.02 Å². The van der Waals surface area contributed by atoms with Gasteiger partial charge in [0.1, 0.15) is 5.01 Å². The molecule has 0 radical (unpaired) electrons. The maximum atomic E-state index is 12.0. The fourth-order valence-electron chi connectivity index (χ4n) is 2.07. The van der Waals surface area contributed by atoms with E-state index in [4.69, 9.17) is 16.3 Å². The highest BCUT2D eigenvalue weighted by Crippen LogP contribution is 2.22. The number of ether oxygens (including phenoxy) is 1. The number of hydrogen-bond donors (Lipinski definition) is 0. The van der Waals surface area contributed by atoms with Crippen molar-refractivity contribution in [1.29, 1.82) is 0 Å². The highest BCUT2D eigenvalue weighted by Gasteiger charge is 2.13. The van der Waals surface area contributed by atoms with Gasteiger partial charge < -0.3 is 4.74 Å². The first-order valence-corrected chi connectivity index (χ1v) is 8.67. The van der Waals surface area contributed by atoms with E-state index in [-0.39, 0.29) is 18.8 Å². The van der Waals surface area contributed by atoms with Crippen molar-refractivity contribution in [2.24, 2.45) is 0 Å². The van der Waals surface area contributed by atoms with E-state index in [0.29, 0.717) is 16.3 Å². The Morgan fingerprint density at radius 2 is 1.96 bits per heavy atom. The maximum absolute atomic E-state index is 12.0. The number of aromatic nitrogens is 2. The van der Waals surface area contributed by atoms with E-state index >= 15 is 0 Å². The number of halogens is 1. The van der Waals surface area contributed by atoms with Gasteiger partial charge >= 0.3 is 5.97 Å². The molecule has 3 rings (SSSR count). The van der Waals surface area contributed by atoms with Crippen LogP contribution in [0.3, 0.4) is 0 Å². The first-order valence-electron chi connectivity index (χ1n) is 7.41. The lowest BCUT2D eigenvalue weighted by atomic mass is 10.1. The van der Waals surface area contributed by atoms with E-state index in [1.807, 2.05) is 12.1 Å². The third-order valence-corrected chi connectivity index (χ3v) is 4.51. The summed E-state index contributed by atoms with van der Waals surface area (Å²) in [5, 5.41) is 3.12. The number of pyridine rings is 1. The summed E-state index contributed by atoms with van der Waals surface area (Å²) in [5.74, 6) is -0.773. The number of hydrogen-bond acceptors (Lipinski definition) is 6. The molecule has 0 N–H and O–H groups in total. The van der Waals surface area contributed by atoms with Gasteiger partial charge in [0.25, 0.3) is 0 Å². The van der Waals surface area contributed by atoms with E-state index < -0.39 is 5.97 Å². The van der Waals surface area contributed by atoms with Gasteiger partial charge in [-0.15, -0.1) is 11.3 Å². The predicted octanol–water partition coefficient (Wildman–Crippen LogP) is 3.83. The minimum Gasteiger partial charge on any atom is -0.457 e. The molecule has 7 heteroatoms. The van der Waals surface area contributed by atoms with E-state index in [1.165, 1.54) is 11.3 Å². The highest BCUT2D eigenvalue weighted by molar-refractivity contribution is 7.13. The van der Waals surface area contributed by atoms with Crippen LogP contribution in [0.5, 0.6) is 0 Å². The first kappa shape index (κ1) is 17.3. The van der Waals surface area contributed by atoms with Crippen molar-refractivity contribution in [3.63, 3.8) is 0 Å².